The number of nitrogens with zero attached hydrogens (tertiary/aromatic N) is 2. The Bertz CT molecular complexity index is 510. The minimum absolute atomic E-state index is 0.244. The lowest BCUT2D eigenvalue weighted by Crippen LogP contribution is -2.46. The molecule has 0 saturated carbocycles. The Labute approximate surface area is 158 Å². The van der Waals surface area contributed by atoms with E-state index in [4.69, 9.17) is 9.47 Å². The zero-order valence-electron chi connectivity index (χ0n) is 16.4. The molecule has 0 amide bonds. The van der Waals surface area contributed by atoms with Gasteiger partial charge in [0.05, 0.1) is 12.2 Å². The van der Waals surface area contributed by atoms with Crippen molar-refractivity contribution in [2.75, 3.05) is 57.9 Å². The minimum atomic E-state index is -0.244. The largest absolute Gasteiger partial charge is 0.462 e. The molecule has 0 spiro atoms. The normalized spacial score (nSPS) is 15.2. The van der Waals surface area contributed by atoms with Gasteiger partial charge in [-0.2, -0.15) is 0 Å². The minimum Gasteiger partial charge on any atom is -0.462 e. The predicted molar refractivity (Wildman–Crippen MR) is 106 cm³/mol. The number of esters is 1. The SMILES string of the molecule is CCOC(=O)c1ccc(N2CCN(CCCCCCCOC)CC2)cc1. The van der Waals surface area contributed by atoms with E-state index in [2.05, 4.69) is 9.80 Å². The van der Waals surface area contributed by atoms with E-state index in [0.29, 0.717) is 12.2 Å². The number of hydrogen-bond donors (Lipinski definition) is 0. The van der Waals surface area contributed by atoms with Crippen molar-refractivity contribution in [3.05, 3.63) is 29.8 Å². The molecular formula is C21H34N2O3. The maximum Gasteiger partial charge on any atom is 0.338 e. The lowest BCUT2D eigenvalue weighted by atomic mass is 10.1. The van der Waals surface area contributed by atoms with Crippen LogP contribution in [-0.2, 0) is 9.47 Å². The van der Waals surface area contributed by atoms with Crippen molar-refractivity contribution in [2.24, 2.45) is 0 Å². The molecule has 0 aliphatic carbocycles. The van der Waals surface area contributed by atoms with Gasteiger partial charge in [-0.05, 0) is 50.6 Å². The molecule has 0 radical (unpaired) electrons. The van der Waals surface area contributed by atoms with Crippen LogP contribution in [0, 0.1) is 0 Å². The highest BCUT2D eigenvalue weighted by Gasteiger charge is 2.17. The van der Waals surface area contributed by atoms with Gasteiger partial charge in [-0.1, -0.05) is 19.3 Å². The van der Waals surface area contributed by atoms with E-state index in [1.807, 2.05) is 31.2 Å². The molecule has 0 atom stereocenters. The van der Waals surface area contributed by atoms with E-state index in [0.717, 1.165) is 32.8 Å². The molecule has 1 aliphatic rings. The van der Waals surface area contributed by atoms with Crippen LogP contribution in [0.5, 0.6) is 0 Å². The number of carbonyl (C=O) groups is 1. The summed E-state index contributed by atoms with van der Waals surface area (Å²) in [6, 6.07) is 7.79. The molecule has 26 heavy (non-hydrogen) atoms. The second kappa shape index (κ2) is 11.9. The van der Waals surface area contributed by atoms with Crippen molar-refractivity contribution in [2.45, 2.75) is 39.0 Å². The van der Waals surface area contributed by atoms with E-state index in [1.165, 1.54) is 44.3 Å². The Kier molecular flexibility index (Phi) is 9.50. The zero-order chi connectivity index (χ0) is 18.6. The second-order valence-electron chi connectivity index (χ2n) is 6.86. The molecule has 0 bridgehead atoms. The summed E-state index contributed by atoms with van der Waals surface area (Å²) in [6.45, 7) is 8.66. The van der Waals surface area contributed by atoms with Gasteiger partial charge >= 0.3 is 5.97 Å². The highest BCUT2D eigenvalue weighted by molar-refractivity contribution is 5.89. The maximum absolute atomic E-state index is 11.7. The van der Waals surface area contributed by atoms with Crippen LogP contribution in [0.25, 0.3) is 0 Å². The molecule has 5 heteroatoms. The number of ether oxygens (including phenoxy) is 2. The van der Waals surface area contributed by atoms with Gasteiger partial charge in [0, 0.05) is 45.6 Å². The number of benzene rings is 1. The summed E-state index contributed by atoms with van der Waals surface area (Å²) in [7, 11) is 1.77. The third-order valence-electron chi connectivity index (χ3n) is 4.94. The van der Waals surface area contributed by atoms with E-state index in [1.54, 1.807) is 7.11 Å². The van der Waals surface area contributed by atoms with Gasteiger partial charge in [0.1, 0.15) is 0 Å². The van der Waals surface area contributed by atoms with Crippen LogP contribution in [-0.4, -0.2) is 63.9 Å². The lowest BCUT2D eigenvalue weighted by molar-refractivity contribution is 0.0526. The van der Waals surface area contributed by atoms with Crippen molar-refractivity contribution in [3.8, 4) is 0 Å². The number of unbranched alkanes of at least 4 members (excludes halogenated alkanes) is 4. The Morgan fingerprint density at radius 2 is 1.62 bits per heavy atom. The van der Waals surface area contributed by atoms with Crippen molar-refractivity contribution in [1.82, 2.24) is 4.90 Å². The van der Waals surface area contributed by atoms with E-state index < -0.39 is 0 Å². The van der Waals surface area contributed by atoms with Gasteiger partial charge in [0.2, 0.25) is 0 Å². The Hall–Kier alpha value is -1.59. The number of hydrogen-bond acceptors (Lipinski definition) is 5. The molecule has 1 aliphatic heterocycles. The standard InChI is InChI=1S/C21H34N2O3/c1-3-26-21(24)19-9-11-20(12-10-19)23-16-14-22(15-17-23)13-7-5-4-6-8-18-25-2/h9-12H,3-8,13-18H2,1-2H3. The van der Waals surface area contributed by atoms with Crippen LogP contribution < -0.4 is 4.90 Å². The maximum atomic E-state index is 11.7. The summed E-state index contributed by atoms with van der Waals surface area (Å²) in [5.41, 5.74) is 1.82. The average molecular weight is 363 g/mol. The summed E-state index contributed by atoms with van der Waals surface area (Å²) in [5, 5.41) is 0. The topological polar surface area (TPSA) is 42.0 Å². The van der Waals surface area contributed by atoms with Crippen molar-refractivity contribution < 1.29 is 14.3 Å². The molecule has 2 rings (SSSR count). The van der Waals surface area contributed by atoms with Gasteiger partial charge in [0.15, 0.2) is 0 Å². The summed E-state index contributed by atoms with van der Waals surface area (Å²) in [4.78, 5) is 16.7. The third-order valence-corrected chi connectivity index (χ3v) is 4.94. The van der Waals surface area contributed by atoms with Crippen LogP contribution in [0.15, 0.2) is 24.3 Å². The molecule has 5 nitrogen and oxygen atoms in total. The second-order valence-corrected chi connectivity index (χ2v) is 6.86. The third kappa shape index (κ3) is 6.96. The van der Waals surface area contributed by atoms with Gasteiger partial charge in [-0.25, -0.2) is 4.79 Å². The molecule has 1 heterocycles. The lowest BCUT2D eigenvalue weighted by Gasteiger charge is -2.36. The fourth-order valence-corrected chi connectivity index (χ4v) is 3.36. The fraction of sp³-hybridized carbons (Fsp3) is 0.667. The van der Waals surface area contributed by atoms with Gasteiger partial charge in [0.25, 0.3) is 0 Å². The van der Waals surface area contributed by atoms with Crippen molar-refractivity contribution in [1.29, 1.82) is 0 Å². The number of piperazine rings is 1. The predicted octanol–water partition coefficient (Wildman–Crippen LogP) is 3.58. The van der Waals surface area contributed by atoms with Crippen molar-refractivity contribution in [3.63, 3.8) is 0 Å². The molecule has 1 fully saturated rings. The van der Waals surface area contributed by atoms with E-state index in [-0.39, 0.29) is 5.97 Å². The first-order chi connectivity index (χ1) is 12.7. The first-order valence-corrected chi connectivity index (χ1v) is 9.98. The Morgan fingerprint density at radius 1 is 0.962 bits per heavy atom. The quantitative estimate of drug-likeness (QED) is 0.445. The van der Waals surface area contributed by atoms with Crippen LogP contribution in [0.4, 0.5) is 5.69 Å². The fourth-order valence-electron chi connectivity index (χ4n) is 3.36. The monoisotopic (exact) mass is 362 g/mol. The van der Waals surface area contributed by atoms with Gasteiger partial charge < -0.3 is 14.4 Å². The average Bonchev–Trinajstić information content (AvgIpc) is 2.68. The Morgan fingerprint density at radius 3 is 2.27 bits per heavy atom. The summed E-state index contributed by atoms with van der Waals surface area (Å²) in [5.74, 6) is -0.244. The summed E-state index contributed by atoms with van der Waals surface area (Å²) >= 11 is 0. The van der Waals surface area contributed by atoms with E-state index >= 15 is 0 Å². The highest BCUT2D eigenvalue weighted by Crippen LogP contribution is 2.18. The Balaban J connectivity index is 1.64. The van der Waals surface area contributed by atoms with Crippen LogP contribution in [0.3, 0.4) is 0 Å². The summed E-state index contributed by atoms with van der Waals surface area (Å²) < 4.78 is 10.1. The molecule has 1 aromatic rings. The van der Waals surface area contributed by atoms with Crippen LogP contribution in [0.2, 0.25) is 0 Å². The van der Waals surface area contributed by atoms with E-state index in [9.17, 15) is 4.79 Å². The highest BCUT2D eigenvalue weighted by atomic mass is 16.5. The zero-order valence-corrected chi connectivity index (χ0v) is 16.4. The molecule has 146 valence electrons. The number of rotatable bonds is 11. The molecule has 0 aromatic heterocycles. The number of methoxy groups -OCH3 is 1. The molecule has 1 aromatic carbocycles. The smallest absolute Gasteiger partial charge is 0.338 e. The molecular weight excluding hydrogens is 328 g/mol. The number of anilines is 1. The number of carbonyl (C=O) groups excluding carboxylic acids is 1. The molecule has 0 N–H and O–H groups in total. The van der Waals surface area contributed by atoms with Gasteiger partial charge in [-0.15, -0.1) is 0 Å². The first kappa shape index (κ1) is 20.7. The van der Waals surface area contributed by atoms with Gasteiger partial charge in [-0.3, -0.25) is 4.90 Å². The van der Waals surface area contributed by atoms with Crippen LogP contribution >= 0.6 is 0 Å². The molecule has 0 unspecified atom stereocenters. The first-order valence-electron chi connectivity index (χ1n) is 9.98. The van der Waals surface area contributed by atoms with Crippen molar-refractivity contribution >= 4 is 11.7 Å². The molecule has 1 saturated heterocycles. The van der Waals surface area contributed by atoms with Crippen LogP contribution in [0.1, 0.15) is 49.4 Å². The summed E-state index contributed by atoms with van der Waals surface area (Å²) in [6.07, 6.45) is 6.39.